The molecule has 0 aliphatic heterocycles. The molecule has 0 aliphatic carbocycles. The van der Waals surface area contributed by atoms with Gasteiger partial charge in [0.1, 0.15) is 17.1 Å². The monoisotopic (exact) mass is 607 g/mol. The van der Waals surface area contributed by atoms with E-state index in [1.807, 2.05) is 30.3 Å². The molecule has 0 radical (unpaired) electrons. The summed E-state index contributed by atoms with van der Waals surface area (Å²) in [5.74, 6) is 0.263. The molecular formula is C28H21ClF3N9O2. The lowest BCUT2D eigenvalue weighted by molar-refractivity contribution is -0.141. The molecule has 1 unspecified atom stereocenters. The Morgan fingerprint density at radius 1 is 0.977 bits per heavy atom. The van der Waals surface area contributed by atoms with E-state index in [4.69, 9.17) is 16.3 Å². The molecule has 11 nitrogen and oxygen atoms in total. The minimum absolute atomic E-state index is 0.215. The van der Waals surface area contributed by atoms with Crippen molar-refractivity contribution >= 4 is 11.6 Å². The molecular weight excluding hydrogens is 587 g/mol. The number of nitrogens with zero attached hydrogens (tertiary/aromatic N) is 8. The molecule has 1 atom stereocenters. The van der Waals surface area contributed by atoms with Crippen LogP contribution in [-0.2, 0) is 12.6 Å². The van der Waals surface area contributed by atoms with Gasteiger partial charge in [-0.3, -0.25) is 9.89 Å². The van der Waals surface area contributed by atoms with Gasteiger partial charge in [0, 0.05) is 28.4 Å². The molecule has 4 aromatic heterocycles. The first-order chi connectivity index (χ1) is 20.7. The largest absolute Gasteiger partial charge is 0.495 e. The molecule has 0 bridgehead atoms. The minimum atomic E-state index is -4.68. The van der Waals surface area contributed by atoms with Crippen LogP contribution in [0.4, 0.5) is 13.2 Å². The van der Waals surface area contributed by atoms with E-state index in [0.717, 1.165) is 16.4 Å². The van der Waals surface area contributed by atoms with Crippen LogP contribution in [-0.4, -0.2) is 51.9 Å². The van der Waals surface area contributed by atoms with Crippen LogP contribution in [0.2, 0.25) is 5.02 Å². The summed E-state index contributed by atoms with van der Waals surface area (Å²) < 4.78 is 49.5. The number of hydrogen-bond donors (Lipinski definition) is 1. The predicted molar refractivity (Wildman–Crippen MR) is 149 cm³/mol. The van der Waals surface area contributed by atoms with Gasteiger partial charge in [0.25, 0.3) is 5.56 Å². The van der Waals surface area contributed by atoms with Crippen molar-refractivity contribution in [2.45, 2.75) is 18.6 Å². The van der Waals surface area contributed by atoms with Crippen LogP contribution in [0, 0.1) is 0 Å². The van der Waals surface area contributed by atoms with Crippen LogP contribution in [0.5, 0.6) is 5.75 Å². The van der Waals surface area contributed by atoms with Crippen molar-refractivity contribution < 1.29 is 17.9 Å². The summed E-state index contributed by atoms with van der Waals surface area (Å²) in [6.07, 6.45) is 2.97. The fourth-order valence-electron chi connectivity index (χ4n) is 4.69. The van der Waals surface area contributed by atoms with Gasteiger partial charge in [-0.1, -0.05) is 52.4 Å². The number of halogens is 4. The third-order valence-electron chi connectivity index (χ3n) is 6.75. The number of benzene rings is 2. The second-order valence-corrected chi connectivity index (χ2v) is 9.90. The second kappa shape index (κ2) is 11.2. The molecule has 6 rings (SSSR count). The third kappa shape index (κ3) is 5.64. The van der Waals surface area contributed by atoms with E-state index in [-0.39, 0.29) is 11.4 Å². The quantitative estimate of drug-likeness (QED) is 0.261. The summed E-state index contributed by atoms with van der Waals surface area (Å²) in [6, 6.07) is 14.8. The highest BCUT2D eigenvalue weighted by atomic mass is 35.5. The molecule has 218 valence electrons. The fourth-order valence-corrected chi connectivity index (χ4v) is 4.86. The highest BCUT2D eigenvalue weighted by molar-refractivity contribution is 6.31. The lowest BCUT2D eigenvalue weighted by Gasteiger charge is -2.21. The Bertz CT molecular complexity index is 1930. The van der Waals surface area contributed by atoms with E-state index in [2.05, 4.69) is 30.8 Å². The molecule has 43 heavy (non-hydrogen) atoms. The van der Waals surface area contributed by atoms with Crippen LogP contribution in [0.3, 0.4) is 0 Å². The molecule has 0 aliphatic rings. The van der Waals surface area contributed by atoms with Crippen LogP contribution < -0.4 is 10.3 Å². The van der Waals surface area contributed by atoms with Gasteiger partial charge in [-0.25, -0.2) is 9.36 Å². The molecule has 0 spiro atoms. The Balaban J connectivity index is 1.47. The Morgan fingerprint density at radius 2 is 1.77 bits per heavy atom. The van der Waals surface area contributed by atoms with Crippen LogP contribution >= 0.6 is 11.6 Å². The topological polar surface area (TPSA) is 121 Å². The van der Waals surface area contributed by atoms with E-state index in [1.54, 1.807) is 23.3 Å². The number of methoxy groups -OCH3 is 1. The summed E-state index contributed by atoms with van der Waals surface area (Å²) in [5, 5.41) is 22.4. The van der Waals surface area contributed by atoms with Crippen molar-refractivity contribution in [2.75, 3.05) is 7.11 Å². The zero-order chi connectivity index (χ0) is 30.1. The van der Waals surface area contributed by atoms with Crippen molar-refractivity contribution in [1.82, 2.24) is 44.8 Å². The Kier molecular flexibility index (Phi) is 7.27. The van der Waals surface area contributed by atoms with Gasteiger partial charge in [-0.2, -0.15) is 18.3 Å². The smallest absolute Gasteiger partial charge is 0.436 e. The van der Waals surface area contributed by atoms with Gasteiger partial charge < -0.3 is 9.30 Å². The van der Waals surface area contributed by atoms with Crippen molar-refractivity contribution in [3.05, 3.63) is 118 Å². The van der Waals surface area contributed by atoms with E-state index in [0.29, 0.717) is 34.0 Å². The Morgan fingerprint density at radius 3 is 2.47 bits per heavy atom. The van der Waals surface area contributed by atoms with E-state index < -0.39 is 23.5 Å². The first kappa shape index (κ1) is 27.9. The van der Waals surface area contributed by atoms with Gasteiger partial charge in [-0.05, 0) is 30.2 Å². The number of hydrogen-bond acceptors (Lipinski definition) is 7. The maximum atomic E-state index is 13.8. The number of nitrogens with one attached hydrogen (secondary N) is 1. The number of ether oxygens (including phenoxy) is 1. The van der Waals surface area contributed by atoms with Gasteiger partial charge >= 0.3 is 6.18 Å². The second-order valence-electron chi connectivity index (χ2n) is 9.46. The van der Waals surface area contributed by atoms with Crippen LogP contribution in [0.25, 0.3) is 22.5 Å². The SMILES string of the molecule is COc1cn(C(Cc2ccccc2)c2cn(-c3cn[nH]c3)nn2)c(=O)cc1-c1cc(Cl)ccc1-n1cc(C(F)(F)F)nn1. The van der Waals surface area contributed by atoms with E-state index >= 15 is 0 Å². The predicted octanol–water partition coefficient (Wildman–Crippen LogP) is 4.91. The highest BCUT2D eigenvalue weighted by Gasteiger charge is 2.35. The molecule has 2 aromatic carbocycles. The number of aromatic nitrogens is 9. The number of H-pyrrole nitrogens is 1. The average molecular weight is 608 g/mol. The Hall–Kier alpha value is -5.24. The molecule has 0 amide bonds. The summed E-state index contributed by atoms with van der Waals surface area (Å²) in [7, 11) is 1.43. The van der Waals surface area contributed by atoms with E-state index in [9.17, 15) is 18.0 Å². The summed E-state index contributed by atoms with van der Waals surface area (Å²) in [6.45, 7) is 0. The van der Waals surface area contributed by atoms with Crippen molar-refractivity contribution in [1.29, 1.82) is 0 Å². The molecule has 4 heterocycles. The van der Waals surface area contributed by atoms with Gasteiger partial charge in [-0.15, -0.1) is 10.2 Å². The first-order valence-electron chi connectivity index (χ1n) is 12.8. The number of alkyl halides is 3. The van der Waals surface area contributed by atoms with Gasteiger partial charge in [0.2, 0.25) is 0 Å². The standard InChI is InChI=1S/C28H21ClF3N9O2/c1-43-25-15-39(24(9-17-5-3-2-4-6-17)22-14-40(37-35-22)19-12-33-34-13-19)27(42)11-21(25)20-10-18(29)7-8-23(20)41-16-26(36-38-41)28(30,31)32/h2-8,10-16,24H,9H2,1H3,(H,33,34). The molecule has 6 aromatic rings. The Labute approximate surface area is 246 Å². The maximum absolute atomic E-state index is 13.8. The normalized spacial score (nSPS) is 12.4. The van der Waals surface area contributed by atoms with Crippen molar-refractivity contribution in [3.8, 4) is 28.3 Å². The zero-order valence-corrected chi connectivity index (χ0v) is 23.0. The average Bonchev–Trinajstić information content (AvgIpc) is 3.78. The molecule has 0 fully saturated rings. The summed E-state index contributed by atoms with van der Waals surface area (Å²) in [4.78, 5) is 13.8. The first-order valence-corrected chi connectivity index (χ1v) is 13.1. The van der Waals surface area contributed by atoms with Crippen molar-refractivity contribution in [2.24, 2.45) is 0 Å². The third-order valence-corrected chi connectivity index (χ3v) is 6.99. The summed E-state index contributed by atoms with van der Waals surface area (Å²) >= 11 is 6.29. The molecule has 0 saturated heterocycles. The fraction of sp³-hybridized carbons (Fsp3) is 0.143. The minimum Gasteiger partial charge on any atom is -0.495 e. The van der Waals surface area contributed by atoms with Crippen molar-refractivity contribution in [3.63, 3.8) is 0 Å². The lowest BCUT2D eigenvalue weighted by Crippen LogP contribution is -2.27. The van der Waals surface area contributed by atoms with E-state index in [1.165, 1.54) is 42.1 Å². The number of rotatable bonds is 8. The van der Waals surface area contributed by atoms with Gasteiger partial charge in [0.05, 0.1) is 43.6 Å². The molecule has 1 N–H and O–H groups in total. The molecule has 0 saturated carbocycles. The molecule has 15 heteroatoms. The van der Waals surface area contributed by atoms with Gasteiger partial charge in [0.15, 0.2) is 5.69 Å². The van der Waals surface area contributed by atoms with Crippen LogP contribution in [0.1, 0.15) is 23.0 Å². The summed E-state index contributed by atoms with van der Waals surface area (Å²) in [5.41, 5.74) is 1.36. The maximum Gasteiger partial charge on any atom is 0.436 e. The highest BCUT2D eigenvalue weighted by Crippen LogP contribution is 2.36. The number of aromatic amines is 1. The lowest BCUT2D eigenvalue weighted by atomic mass is 10.0. The number of pyridine rings is 1. The zero-order valence-electron chi connectivity index (χ0n) is 22.3. The van der Waals surface area contributed by atoms with Crippen LogP contribution in [0.15, 0.2) is 90.4 Å².